The van der Waals surface area contributed by atoms with Gasteiger partial charge in [0, 0.05) is 112 Å². The van der Waals surface area contributed by atoms with Crippen molar-refractivity contribution < 1.29 is 9.47 Å². The van der Waals surface area contributed by atoms with Crippen LogP contribution in [-0.4, -0.2) is 0 Å². The van der Waals surface area contributed by atoms with Crippen LogP contribution in [0.25, 0.3) is 125 Å². The fourth-order valence-corrected chi connectivity index (χ4v) is 21.7. The van der Waals surface area contributed by atoms with Gasteiger partial charge in [-0.3, -0.25) is 0 Å². The van der Waals surface area contributed by atoms with Gasteiger partial charge < -0.3 is 29.1 Å². The summed E-state index contributed by atoms with van der Waals surface area (Å²) >= 11 is 0. The van der Waals surface area contributed by atoms with Gasteiger partial charge in [0.1, 0.15) is 23.0 Å². The number of hydrogen-bond acceptors (Lipinski definition) is 6. The van der Waals surface area contributed by atoms with Crippen molar-refractivity contribution in [2.45, 2.75) is 52.4 Å². The van der Waals surface area contributed by atoms with Crippen LogP contribution in [0.1, 0.15) is 61.1 Å². The summed E-state index contributed by atoms with van der Waals surface area (Å²) in [6.45, 7) is 21.4. The molecule has 616 valence electrons. The number of benzene rings is 21. The SMILES string of the molecule is CC1(C)c2ccccc2-c2ccc(N(c3ccccc3)c3ccc4c(c3)Oc3cccc5c3c-4cc3c4ccccc4c(N(c4ccccc4)c4ccccc4-c4ccccc4)cc53)cc21.[C-]#[N+]c1cc(C)c(N(c2ccccc2)c2cc3c4cccc5c4c(cc3c3ccccc23)-c2ccc(N(c3ccccc3)c3ccc4c(c3)C(C)(C)c3ccccc3-4)cc2O5)c(C)c1. The van der Waals surface area contributed by atoms with Gasteiger partial charge in [0.2, 0.25) is 0 Å². The van der Waals surface area contributed by atoms with Gasteiger partial charge in [0.15, 0.2) is 5.69 Å². The van der Waals surface area contributed by atoms with E-state index in [0.717, 1.165) is 146 Å². The van der Waals surface area contributed by atoms with Crippen LogP contribution < -0.4 is 29.1 Å². The van der Waals surface area contributed by atoms with E-state index in [4.69, 9.17) is 16.0 Å². The summed E-state index contributed by atoms with van der Waals surface area (Å²) in [4.78, 5) is 13.3. The maximum Gasteiger partial charge on any atom is 0.187 e. The number of para-hydroxylation sites is 5. The van der Waals surface area contributed by atoms with E-state index in [-0.39, 0.29) is 10.8 Å². The van der Waals surface area contributed by atoms with Crippen LogP contribution in [0, 0.1) is 20.4 Å². The molecule has 4 aliphatic rings. The molecule has 2 aliphatic carbocycles. The molecule has 7 heteroatoms. The van der Waals surface area contributed by atoms with E-state index < -0.39 is 0 Å². The first kappa shape index (κ1) is 77.1. The first-order chi connectivity index (χ1) is 63.8. The summed E-state index contributed by atoms with van der Waals surface area (Å²) in [5.41, 5.74) is 33.0. The average Bonchev–Trinajstić information content (AvgIpc) is 0.931. The highest BCUT2D eigenvalue weighted by Crippen LogP contribution is 2.59. The molecule has 0 saturated heterocycles. The van der Waals surface area contributed by atoms with E-state index in [1.807, 2.05) is 12.1 Å². The molecule has 0 amide bonds. The van der Waals surface area contributed by atoms with Gasteiger partial charge in [0.25, 0.3) is 0 Å². The molecular formula is C123H87N5O2. The minimum Gasteiger partial charge on any atom is -0.456 e. The summed E-state index contributed by atoms with van der Waals surface area (Å²) in [6.07, 6.45) is 0. The van der Waals surface area contributed by atoms with Gasteiger partial charge >= 0.3 is 0 Å². The summed E-state index contributed by atoms with van der Waals surface area (Å²) in [5.74, 6) is 3.38. The number of nitrogens with zero attached hydrogens (tertiary/aromatic N) is 5. The standard InChI is InChI=1S/C63H44N2O.C60H43N3O/c1-63(2)56-30-16-14-27-48(56)49-35-33-44(37-57(49)63)64(42-21-8-4-9-22-42)45-34-36-51-55-39-53-47-26-12-13-28-50(47)59(40-54(53)52-29-18-32-60(62(52)55)66-61(51)38-45)65(43-23-10-5-11-24-43)58-31-17-15-25-46(58)41-19-6-3-7-20-41;1-37-31-39(61-5)32-38(2)59(37)63(41-19-10-7-11-20-41)55-36-51-49-24-16-26-56-58(49)52(35-50(51)44-21-12-13-23-47(44)55)48-30-28-43(34-57(48)64-56)62(40-17-8-6-9-18-40)42-27-29-46-45-22-14-15-25-53(45)60(3,4)54(46)33-42/h3-40H,1-2H3;6-36H,1-4H3. The molecule has 21 aromatic carbocycles. The number of rotatable bonds is 13. The molecule has 2 heterocycles. The van der Waals surface area contributed by atoms with Gasteiger partial charge in [-0.15, -0.1) is 0 Å². The highest BCUT2D eigenvalue weighted by Gasteiger charge is 2.39. The number of hydrogen-bond donors (Lipinski definition) is 0. The molecule has 0 aromatic heterocycles. The van der Waals surface area contributed by atoms with Gasteiger partial charge in [0.05, 0.1) is 23.6 Å². The first-order valence-electron chi connectivity index (χ1n) is 44.8. The molecule has 25 rings (SSSR count). The monoisotopic (exact) mass is 1670 g/mol. The maximum atomic E-state index is 7.77. The molecule has 0 unspecified atom stereocenters. The van der Waals surface area contributed by atoms with Crippen LogP contribution in [-0.2, 0) is 10.8 Å². The topological polar surface area (TPSA) is 35.8 Å². The third-order valence-electron chi connectivity index (χ3n) is 27.6. The molecular weight excluding hydrogens is 1580 g/mol. The minimum absolute atomic E-state index is 0.119. The fourth-order valence-electron chi connectivity index (χ4n) is 21.7. The highest BCUT2D eigenvalue weighted by molar-refractivity contribution is 6.28. The van der Waals surface area contributed by atoms with Crippen LogP contribution in [0.4, 0.5) is 73.9 Å². The van der Waals surface area contributed by atoms with Gasteiger partial charge in [-0.05, 0) is 269 Å². The predicted molar refractivity (Wildman–Crippen MR) is 544 cm³/mol. The zero-order valence-corrected chi connectivity index (χ0v) is 72.9. The Hall–Kier alpha value is -16.5. The van der Waals surface area contributed by atoms with Gasteiger partial charge in [-0.2, -0.15) is 0 Å². The van der Waals surface area contributed by atoms with E-state index in [1.54, 1.807) is 0 Å². The lowest BCUT2D eigenvalue weighted by Gasteiger charge is -2.31. The Labute approximate surface area is 756 Å². The Morgan fingerprint density at radius 1 is 0.223 bits per heavy atom. The van der Waals surface area contributed by atoms with E-state index >= 15 is 0 Å². The fraction of sp³-hybridized carbons (Fsp3) is 0.0650. The maximum absolute atomic E-state index is 7.77. The first-order valence-corrected chi connectivity index (χ1v) is 44.8. The second kappa shape index (κ2) is 30.4. The lowest BCUT2D eigenvalue weighted by molar-refractivity contribution is 0.487. The number of aryl methyl sites for hydroxylation is 2. The molecule has 0 saturated carbocycles. The summed E-state index contributed by atoms with van der Waals surface area (Å²) in [6, 6.07) is 151. The van der Waals surface area contributed by atoms with Crippen molar-refractivity contribution in [2.24, 2.45) is 0 Å². The van der Waals surface area contributed by atoms with Gasteiger partial charge in [-0.1, -0.05) is 295 Å². The van der Waals surface area contributed by atoms with Crippen LogP contribution in [0.15, 0.2) is 419 Å². The Balaban J connectivity index is 0.000000144. The Bertz CT molecular complexity index is 8260. The Morgan fingerprint density at radius 3 is 1.01 bits per heavy atom. The van der Waals surface area contributed by atoms with Crippen LogP contribution in [0.2, 0.25) is 0 Å². The average molecular weight is 1670 g/mol. The zero-order valence-electron chi connectivity index (χ0n) is 72.9. The van der Waals surface area contributed by atoms with E-state index in [9.17, 15) is 0 Å². The second-order valence-corrected chi connectivity index (χ2v) is 35.8. The van der Waals surface area contributed by atoms with Crippen molar-refractivity contribution in [3.63, 3.8) is 0 Å². The van der Waals surface area contributed by atoms with Crippen LogP contribution in [0.3, 0.4) is 0 Å². The molecule has 0 fully saturated rings. The molecule has 21 aromatic rings. The lowest BCUT2D eigenvalue weighted by Crippen LogP contribution is -2.16. The van der Waals surface area contributed by atoms with Crippen molar-refractivity contribution in [1.29, 1.82) is 0 Å². The minimum atomic E-state index is -0.123. The molecule has 0 N–H and O–H groups in total. The molecule has 0 bridgehead atoms. The van der Waals surface area contributed by atoms with E-state index in [0.29, 0.717) is 5.69 Å². The zero-order chi connectivity index (χ0) is 87.2. The van der Waals surface area contributed by atoms with Crippen LogP contribution >= 0.6 is 0 Å². The molecule has 0 radical (unpaired) electrons. The summed E-state index contributed by atoms with van der Waals surface area (Å²) in [7, 11) is 0. The van der Waals surface area contributed by atoms with Crippen molar-refractivity contribution in [3.05, 3.63) is 463 Å². The molecule has 130 heavy (non-hydrogen) atoms. The Morgan fingerprint density at radius 2 is 0.562 bits per heavy atom. The van der Waals surface area contributed by atoms with Gasteiger partial charge in [-0.25, -0.2) is 4.85 Å². The second-order valence-electron chi connectivity index (χ2n) is 35.8. The van der Waals surface area contributed by atoms with Crippen molar-refractivity contribution in [1.82, 2.24) is 0 Å². The largest absolute Gasteiger partial charge is 0.456 e. The Kier molecular flexibility index (Phi) is 18.0. The summed E-state index contributed by atoms with van der Waals surface area (Å²) in [5, 5.41) is 14.0. The predicted octanol–water partition coefficient (Wildman–Crippen LogP) is 35.2. The third kappa shape index (κ3) is 12.3. The smallest absolute Gasteiger partial charge is 0.187 e. The molecule has 0 atom stereocenters. The van der Waals surface area contributed by atoms with Crippen molar-refractivity contribution in [3.8, 4) is 78.6 Å². The molecule has 2 aliphatic heterocycles. The van der Waals surface area contributed by atoms with Crippen LogP contribution in [0.5, 0.6) is 23.0 Å². The van der Waals surface area contributed by atoms with E-state index in [2.05, 4.69) is 472 Å². The van der Waals surface area contributed by atoms with Crippen molar-refractivity contribution >= 4 is 139 Å². The van der Waals surface area contributed by atoms with E-state index in [1.165, 1.54) is 98.9 Å². The third-order valence-corrected chi connectivity index (χ3v) is 27.6. The number of anilines is 12. The quantitative estimate of drug-likeness (QED) is 0.0846. The summed E-state index contributed by atoms with van der Waals surface area (Å²) < 4.78 is 14.0. The molecule has 7 nitrogen and oxygen atoms in total. The highest BCUT2D eigenvalue weighted by atomic mass is 16.5. The number of fused-ring (bicyclic) bond motifs is 18. The normalized spacial score (nSPS) is 12.9. The molecule has 0 spiro atoms. The lowest BCUT2D eigenvalue weighted by atomic mass is 9.82. The number of ether oxygens (including phenoxy) is 2. The van der Waals surface area contributed by atoms with Crippen molar-refractivity contribution in [2.75, 3.05) is 19.6 Å².